The standard InChI is InChI=1S/C16H22N2S.CH2Cl2/c1-16(2,3)18-10-8-17(9-11-18)14-5-4-6-15-13(14)7-12-19-15;2-1-3/h4-7,12H,8-11H2,1-3H3;1H2/i8D2,9D2,10D2,11D2;. The molecule has 0 saturated carbocycles. The van der Waals surface area contributed by atoms with Crippen LogP contribution in [0.25, 0.3) is 10.1 Å². The summed E-state index contributed by atoms with van der Waals surface area (Å²) in [6.07, 6.45) is 0. The van der Waals surface area contributed by atoms with Crippen molar-refractivity contribution in [3.63, 3.8) is 0 Å². The minimum Gasteiger partial charge on any atom is -0.368 e. The largest absolute Gasteiger partial charge is 0.368 e. The second kappa shape index (κ2) is 7.87. The molecule has 2 aromatic rings. The number of nitrogens with zero attached hydrogens (tertiary/aromatic N) is 2. The lowest BCUT2D eigenvalue weighted by Crippen LogP contribution is -2.53. The Hall–Kier alpha value is -0.480. The van der Waals surface area contributed by atoms with E-state index in [-0.39, 0.29) is 11.0 Å². The number of thiophene rings is 1. The first-order valence-electron chi connectivity index (χ1n) is 10.7. The molecule has 0 atom stereocenters. The highest BCUT2D eigenvalue weighted by Crippen LogP contribution is 2.31. The van der Waals surface area contributed by atoms with Gasteiger partial charge in [-0.25, -0.2) is 0 Å². The molecule has 0 N–H and O–H groups in total. The van der Waals surface area contributed by atoms with E-state index < -0.39 is 31.5 Å². The summed E-state index contributed by atoms with van der Waals surface area (Å²) in [5, 5.41) is 2.54. The highest BCUT2D eigenvalue weighted by atomic mass is 35.5. The van der Waals surface area contributed by atoms with Crippen LogP contribution >= 0.6 is 34.5 Å². The molecule has 0 unspecified atom stereocenters. The molecular weight excluding hydrogens is 335 g/mol. The SMILES string of the molecule is ClCCl.[2H]C1([2H])N(c2cccc3sccc23)C([2H])([2H])C([2H])([2H])N(C(C)(C)C)C1([2H])[2H]. The Morgan fingerprint density at radius 1 is 1.14 bits per heavy atom. The first kappa shape index (κ1) is 9.73. The molecule has 1 saturated heterocycles. The van der Waals surface area contributed by atoms with Crippen molar-refractivity contribution in [2.24, 2.45) is 0 Å². The van der Waals surface area contributed by atoms with Gasteiger partial charge in [-0.05, 0) is 44.4 Å². The second-order valence-corrected chi connectivity index (χ2v) is 7.26. The summed E-state index contributed by atoms with van der Waals surface area (Å²) in [4.78, 5) is 1.31. The van der Waals surface area contributed by atoms with Crippen LogP contribution in [0.3, 0.4) is 0 Å². The summed E-state index contributed by atoms with van der Waals surface area (Å²) in [6.45, 7) is -6.66. The average Bonchev–Trinajstić information content (AvgIpc) is 3.01. The molecule has 5 heteroatoms. The van der Waals surface area contributed by atoms with Crippen molar-refractivity contribution in [1.29, 1.82) is 0 Å². The molecule has 0 bridgehead atoms. The molecule has 0 spiro atoms. The fourth-order valence-electron chi connectivity index (χ4n) is 1.88. The number of benzene rings is 1. The molecular formula is C17H24Cl2N2S. The highest BCUT2D eigenvalue weighted by molar-refractivity contribution is 7.17. The topological polar surface area (TPSA) is 6.48 Å². The van der Waals surface area contributed by atoms with Crippen molar-refractivity contribution in [3.8, 4) is 0 Å². The van der Waals surface area contributed by atoms with Crippen LogP contribution in [0.5, 0.6) is 0 Å². The van der Waals surface area contributed by atoms with Gasteiger partial charge in [-0.15, -0.1) is 34.5 Å². The summed E-state index contributed by atoms with van der Waals surface area (Å²) in [6, 6.07) is 6.66. The first-order valence-corrected chi connectivity index (χ1v) is 8.63. The van der Waals surface area contributed by atoms with Gasteiger partial charge in [0.05, 0.1) is 10.8 Å². The van der Waals surface area contributed by atoms with E-state index in [1.165, 1.54) is 17.4 Å². The summed E-state index contributed by atoms with van der Waals surface area (Å²) in [5.74, 6) is 0. The molecule has 2 heterocycles. The Kier molecular flexibility index (Phi) is 3.48. The van der Waals surface area contributed by atoms with Crippen LogP contribution < -0.4 is 4.90 Å². The molecule has 3 rings (SSSR count). The number of fused-ring (bicyclic) bond motifs is 1. The molecule has 1 aromatic carbocycles. The van der Waals surface area contributed by atoms with Crippen molar-refractivity contribution in [2.45, 2.75) is 26.3 Å². The molecule has 0 aliphatic carbocycles. The summed E-state index contributed by atoms with van der Waals surface area (Å²) in [5.41, 5.74) is -1.03. The van der Waals surface area contributed by atoms with Crippen molar-refractivity contribution in [2.75, 3.05) is 36.2 Å². The van der Waals surface area contributed by atoms with Gasteiger partial charge >= 0.3 is 0 Å². The van der Waals surface area contributed by atoms with Gasteiger partial charge < -0.3 is 4.90 Å². The number of alkyl halides is 2. The smallest absolute Gasteiger partial charge is 0.0967 e. The molecule has 0 amide bonds. The molecule has 1 aliphatic rings. The number of halogens is 2. The van der Waals surface area contributed by atoms with Gasteiger partial charge in [0.25, 0.3) is 0 Å². The van der Waals surface area contributed by atoms with Gasteiger partial charge in [0.2, 0.25) is 0 Å². The number of rotatable bonds is 1. The Bertz CT molecular complexity index is 869. The lowest BCUT2D eigenvalue weighted by atomic mass is 10.0. The zero-order valence-corrected chi connectivity index (χ0v) is 15.0. The van der Waals surface area contributed by atoms with Gasteiger partial charge in [0, 0.05) is 52.8 Å². The van der Waals surface area contributed by atoms with Gasteiger partial charge in [0.1, 0.15) is 0 Å². The Labute approximate surface area is 158 Å². The van der Waals surface area contributed by atoms with E-state index in [0.29, 0.717) is 15.2 Å². The maximum atomic E-state index is 8.57. The van der Waals surface area contributed by atoms with Crippen LogP contribution in [-0.4, -0.2) is 41.8 Å². The van der Waals surface area contributed by atoms with Gasteiger partial charge in [-0.2, -0.15) is 0 Å². The normalized spacial score (nSPS) is 31.0. The van der Waals surface area contributed by atoms with Gasteiger partial charge in [0.15, 0.2) is 0 Å². The Balaban J connectivity index is 0.00000101. The lowest BCUT2D eigenvalue weighted by molar-refractivity contribution is 0.128. The van der Waals surface area contributed by atoms with Crippen LogP contribution in [0.15, 0.2) is 29.6 Å². The second-order valence-electron chi connectivity index (χ2n) is 5.50. The minimum absolute atomic E-state index is 0.130. The van der Waals surface area contributed by atoms with Crippen molar-refractivity contribution in [1.82, 2.24) is 4.90 Å². The Morgan fingerprint density at radius 2 is 1.77 bits per heavy atom. The molecule has 0 radical (unpaired) electrons. The third-order valence-corrected chi connectivity index (χ3v) is 3.81. The van der Waals surface area contributed by atoms with Crippen molar-refractivity contribution >= 4 is 50.3 Å². The molecule has 1 fully saturated rings. The van der Waals surface area contributed by atoms with Crippen LogP contribution in [0.1, 0.15) is 31.7 Å². The lowest BCUT2D eigenvalue weighted by Gasteiger charge is -2.43. The molecule has 22 heavy (non-hydrogen) atoms. The molecule has 122 valence electrons. The van der Waals surface area contributed by atoms with E-state index in [0.717, 1.165) is 4.70 Å². The zero-order chi connectivity index (χ0) is 23.3. The van der Waals surface area contributed by atoms with Crippen LogP contribution in [-0.2, 0) is 0 Å². The fourth-order valence-corrected chi connectivity index (χ4v) is 2.69. The quantitative estimate of drug-likeness (QED) is 0.636. The van der Waals surface area contributed by atoms with Crippen LogP contribution in [0.2, 0.25) is 0 Å². The number of anilines is 1. The summed E-state index contributed by atoms with van der Waals surface area (Å²) < 4.78 is 69.0. The first-order chi connectivity index (χ1) is 13.5. The maximum absolute atomic E-state index is 8.57. The van der Waals surface area contributed by atoms with E-state index in [1.807, 2.05) is 6.07 Å². The summed E-state index contributed by atoms with van der Waals surface area (Å²) in [7, 11) is 0. The van der Waals surface area contributed by atoms with E-state index in [9.17, 15) is 0 Å². The number of hydrogen-bond acceptors (Lipinski definition) is 3. The zero-order valence-electron chi connectivity index (χ0n) is 20.7. The minimum atomic E-state index is -2.84. The maximum Gasteiger partial charge on any atom is 0.0967 e. The third kappa shape index (κ3) is 4.29. The third-order valence-electron chi connectivity index (χ3n) is 2.93. The van der Waals surface area contributed by atoms with Gasteiger partial charge in [-0.1, -0.05) is 6.07 Å². The van der Waals surface area contributed by atoms with Crippen molar-refractivity contribution < 1.29 is 11.0 Å². The highest BCUT2D eigenvalue weighted by Gasteiger charge is 2.26. The van der Waals surface area contributed by atoms with E-state index in [2.05, 4.69) is 0 Å². The molecule has 2 nitrogen and oxygen atoms in total. The van der Waals surface area contributed by atoms with Crippen LogP contribution in [0, 0.1) is 0 Å². The molecule has 1 aliphatic heterocycles. The van der Waals surface area contributed by atoms with E-state index in [1.54, 1.807) is 38.3 Å². The molecule has 1 aromatic heterocycles. The predicted octanol–water partition coefficient (Wildman–Crippen LogP) is 5.24. The van der Waals surface area contributed by atoms with Crippen LogP contribution in [0.4, 0.5) is 5.69 Å². The monoisotopic (exact) mass is 366 g/mol. The van der Waals surface area contributed by atoms with E-state index >= 15 is 0 Å². The van der Waals surface area contributed by atoms with Crippen molar-refractivity contribution in [3.05, 3.63) is 29.6 Å². The fraction of sp³-hybridized carbons (Fsp3) is 0.529. The predicted molar refractivity (Wildman–Crippen MR) is 102 cm³/mol. The number of hydrogen-bond donors (Lipinski definition) is 0. The van der Waals surface area contributed by atoms with E-state index in [4.69, 9.17) is 34.2 Å². The number of piperazine rings is 1. The summed E-state index contributed by atoms with van der Waals surface area (Å²) >= 11 is 10.9. The van der Waals surface area contributed by atoms with Gasteiger partial charge in [-0.3, -0.25) is 4.90 Å². The average molecular weight is 367 g/mol. The Morgan fingerprint density at radius 3 is 2.36 bits per heavy atom.